The molecule has 0 bridgehead atoms. The number of benzene rings is 1. The van der Waals surface area contributed by atoms with E-state index in [1.54, 1.807) is 6.07 Å². The van der Waals surface area contributed by atoms with Gasteiger partial charge in [0, 0.05) is 0 Å². The molecule has 1 aromatic rings. The SMILES string of the molecule is CCCc1ccc(S(N)(=O)=O)c(CCC)c1CCC. The topological polar surface area (TPSA) is 60.2 Å². The molecule has 1 aromatic carbocycles. The highest BCUT2D eigenvalue weighted by atomic mass is 32.2. The Balaban J connectivity index is 3.48. The van der Waals surface area contributed by atoms with Gasteiger partial charge in [-0.2, -0.15) is 0 Å². The summed E-state index contributed by atoms with van der Waals surface area (Å²) in [5.74, 6) is 0. The molecule has 0 fully saturated rings. The van der Waals surface area contributed by atoms with E-state index in [9.17, 15) is 8.42 Å². The Morgan fingerprint density at radius 2 is 1.42 bits per heavy atom. The molecule has 0 aliphatic heterocycles. The summed E-state index contributed by atoms with van der Waals surface area (Å²) in [4.78, 5) is 0.317. The summed E-state index contributed by atoms with van der Waals surface area (Å²) in [5, 5.41) is 5.35. The minimum absolute atomic E-state index is 0.317. The molecule has 0 saturated carbocycles. The summed E-state index contributed by atoms with van der Waals surface area (Å²) in [6, 6.07) is 3.62. The van der Waals surface area contributed by atoms with Crippen LogP contribution in [0, 0.1) is 0 Å². The molecule has 3 nitrogen and oxygen atoms in total. The van der Waals surface area contributed by atoms with Crippen molar-refractivity contribution in [2.75, 3.05) is 0 Å². The highest BCUT2D eigenvalue weighted by molar-refractivity contribution is 7.89. The second kappa shape index (κ2) is 7.06. The van der Waals surface area contributed by atoms with Gasteiger partial charge in [-0.3, -0.25) is 0 Å². The Morgan fingerprint density at radius 3 is 1.89 bits per heavy atom. The monoisotopic (exact) mass is 283 g/mol. The Kier molecular flexibility index (Phi) is 6.01. The molecule has 0 aromatic heterocycles. The first-order valence-electron chi connectivity index (χ1n) is 7.12. The predicted octanol–water partition coefficient (Wildman–Crippen LogP) is 3.19. The summed E-state index contributed by atoms with van der Waals surface area (Å²) in [6.07, 6.45) is 5.71. The molecule has 0 radical (unpaired) electrons. The molecule has 108 valence electrons. The molecule has 4 heteroatoms. The van der Waals surface area contributed by atoms with Gasteiger partial charge in [-0.1, -0.05) is 46.1 Å². The lowest BCUT2D eigenvalue weighted by Gasteiger charge is -2.17. The molecule has 0 unspecified atom stereocenters. The van der Waals surface area contributed by atoms with Gasteiger partial charge in [-0.25, -0.2) is 13.6 Å². The van der Waals surface area contributed by atoms with E-state index in [0.717, 1.165) is 44.1 Å². The summed E-state index contributed by atoms with van der Waals surface area (Å²) in [7, 11) is -3.63. The third-order valence-corrected chi connectivity index (χ3v) is 4.31. The van der Waals surface area contributed by atoms with E-state index in [0.29, 0.717) is 4.90 Å². The van der Waals surface area contributed by atoms with Crippen LogP contribution in [-0.4, -0.2) is 8.42 Å². The van der Waals surface area contributed by atoms with Gasteiger partial charge in [0.1, 0.15) is 0 Å². The molecular weight excluding hydrogens is 258 g/mol. The Labute approximate surface area is 117 Å². The van der Waals surface area contributed by atoms with Crippen molar-refractivity contribution in [1.82, 2.24) is 0 Å². The highest BCUT2D eigenvalue weighted by Crippen LogP contribution is 2.26. The first-order chi connectivity index (χ1) is 8.95. The molecule has 1 rings (SSSR count). The summed E-state index contributed by atoms with van der Waals surface area (Å²) in [5.41, 5.74) is 3.43. The molecule has 2 N–H and O–H groups in total. The van der Waals surface area contributed by atoms with E-state index in [2.05, 4.69) is 20.8 Å². The van der Waals surface area contributed by atoms with Gasteiger partial charge >= 0.3 is 0 Å². The van der Waals surface area contributed by atoms with Crippen LogP contribution in [-0.2, 0) is 29.3 Å². The molecular formula is C15H25NO2S. The Hall–Kier alpha value is -0.870. The van der Waals surface area contributed by atoms with Crippen molar-refractivity contribution >= 4 is 10.0 Å². The molecule has 0 atom stereocenters. The van der Waals surface area contributed by atoms with Crippen LogP contribution in [0.2, 0.25) is 0 Å². The maximum Gasteiger partial charge on any atom is 0.238 e. The first-order valence-corrected chi connectivity index (χ1v) is 8.66. The lowest BCUT2D eigenvalue weighted by atomic mass is 9.92. The van der Waals surface area contributed by atoms with Crippen LogP contribution in [0.25, 0.3) is 0 Å². The Morgan fingerprint density at radius 1 is 0.895 bits per heavy atom. The normalized spacial score (nSPS) is 11.8. The molecule has 0 saturated heterocycles. The predicted molar refractivity (Wildman–Crippen MR) is 79.8 cm³/mol. The number of hydrogen-bond acceptors (Lipinski definition) is 2. The Bertz CT molecular complexity index is 521. The lowest BCUT2D eigenvalue weighted by molar-refractivity contribution is 0.596. The van der Waals surface area contributed by atoms with Crippen LogP contribution in [0.15, 0.2) is 17.0 Å². The number of primary sulfonamides is 1. The smallest absolute Gasteiger partial charge is 0.225 e. The van der Waals surface area contributed by atoms with E-state index in [4.69, 9.17) is 5.14 Å². The molecule has 0 aliphatic carbocycles. The van der Waals surface area contributed by atoms with Gasteiger partial charge in [0.25, 0.3) is 0 Å². The number of nitrogens with two attached hydrogens (primary N) is 1. The number of hydrogen-bond donors (Lipinski definition) is 1. The zero-order chi connectivity index (χ0) is 14.5. The third-order valence-electron chi connectivity index (χ3n) is 3.31. The van der Waals surface area contributed by atoms with E-state index in [1.165, 1.54) is 11.1 Å². The zero-order valence-corrected chi connectivity index (χ0v) is 13.0. The minimum atomic E-state index is -3.63. The average Bonchev–Trinajstić information content (AvgIpc) is 2.32. The second-order valence-corrected chi connectivity index (χ2v) is 6.50. The second-order valence-electron chi connectivity index (χ2n) is 4.97. The van der Waals surface area contributed by atoms with Crippen LogP contribution in [0.3, 0.4) is 0 Å². The fourth-order valence-corrected chi connectivity index (χ4v) is 3.40. The van der Waals surface area contributed by atoms with Crippen LogP contribution >= 0.6 is 0 Å². The molecule has 19 heavy (non-hydrogen) atoms. The molecule has 0 aliphatic rings. The van der Waals surface area contributed by atoms with Crippen molar-refractivity contribution in [2.45, 2.75) is 64.2 Å². The first kappa shape index (κ1) is 16.2. The van der Waals surface area contributed by atoms with Gasteiger partial charge in [0.15, 0.2) is 0 Å². The van der Waals surface area contributed by atoms with Crippen molar-refractivity contribution in [3.05, 3.63) is 28.8 Å². The van der Waals surface area contributed by atoms with Gasteiger partial charge in [-0.15, -0.1) is 0 Å². The largest absolute Gasteiger partial charge is 0.238 e. The van der Waals surface area contributed by atoms with Crippen molar-refractivity contribution in [1.29, 1.82) is 0 Å². The van der Waals surface area contributed by atoms with Crippen molar-refractivity contribution in [2.24, 2.45) is 5.14 Å². The van der Waals surface area contributed by atoms with E-state index in [-0.39, 0.29) is 0 Å². The van der Waals surface area contributed by atoms with Crippen molar-refractivity contribution in [3.63, 3.8) is 0 Å². The van der Waals surface area contributed by atoms with Crippen LogP contribution in [0.5, 0.6) is 0 Å². The van der Waals surface area contributed by atoms with Crippen molar-refractivity contribution < 1.29 is 8.42 Å². The van der Waals surface area contributed by atoms with Crippen LogP contribution in [0.1, 0.15) is 56.7 Å². The van der Waals surface area contributed by atoms with Crippen LogP contribution < -0.4 is 5.14 Å². The van der Waals surface area contributed by atoms with Gasteiger partial charge < -0.3 is 0 Å². The lowest BCUT2D eigenvalue weighted by Crippen LogP contribution is -2.17. The summed E-state index contributed by atoms with van der Waals surface area (Å²) in [6.45, 7) is 6.33. The average molecular weight is 283 g/mol. The van der Waals surface area contributed by atoms with E-state index in [1.807, 2.05) is 6.07 Å². The number of sulfonamides is 1. The molecule has 0 heterocycles. The quantitative estimate of drug-likeness (QED) is 0.835. The summed E-state index contributed by atoms with van der Waals surface area (Å²) < 4.78 is 23.5. The number of rotatable bonds is 7. The molecule has 0 amide bonds. The standard InChI is InChI=1S/C15H25NO2S/c1-4-7-12-10-11-15(19(16,17)18)14(9-6-3)13(12)8-5-2/h10-11H,4-9H2,1-3H3,(H2,16,17,18). The summed E-state index contributed by atoms with van der Waals surface area (Å²) >= 11 is 0. The minimum Gasteiger partial charge on any atom is -0.225 e. The van der Waals surface area contributed by atoms with Gasteiger partial charge in [0.2, 0.25) is 10.0 Å². The van der Waals surface area contributed by atoms with E-state index < -0.39 is 10.0 Å². The fraction of sp³-hybridized carbons (Fsp3) is 0.600. The van der Waals surface area contributed by atoms with Gasteiger partial charge in [0.05, 0.1) is 4.90 Å². The number of aryl methyl sites for hydroxylation is 1. The zero-order valence-electron chi connectivity index (χ0n) is 12.2. The maximum absolute atomic E-state index is 11.7. The fourth-order valence-electron chi connectivity index (χ4n) is 2.58. The maximum atomic E-state index is 11.7. The molecule has 0 spiro atoms. The van der Waals surface area contributed by atoms with Crippen LogP contribution in [0.4, 0.5) is 0 Å². The van der Waals surface area contributed by atoms with E-state index >= 15 is 0 Å². The third kappa shape index (κ3) is 4.05. The van der Waals surface area contributed by atoms with Crippen molar-refractivity contribution in [3.8, 4) is 0 Å². The highest BCUT2D eigenvalue weighted by Gasteiger charge is 2.18. The van der Waals surface area contributed by atoms with Gasteiger partial charge in [-0.05, 0) is 42.0 Å².